The quantitative estimate of drug-likeness (QED) is 0.768. The molecule has 0 N–H and O–H groups in total. The summed E-state index contributed by atoms with van der Waals surface area (Å²) in [6, 6.07) is 2.33. The van der Waals surface area contributed by atoms with Gasteiger partial charge in [0.25, 0.3) is 0 Å². The third-order valence-corrected chi connectivity index (χ3v) is 1.90. The number of carbonyl (C=O) groups excluding carboxylic acids is 1. The largest absolute Gasteiger partial charge is 0.469 e. The lowest BCUT2D eigenvalue weighted by Crippen LogP contribution is -2.07. The van der Waals surface area contributed by atoms with E-state index in [9.17, 15) is 18.0 Å². The second-order valence-electron chi connectivity index (χ2n) is 3.15. The molecule has 0 aliphatic carbocycles. The molecule has 0 saturated heterocycles. The number of methoxy groups -OCH3 is 1. The van der Waals surface area contributed by atoms with Gasteiger partial charge in [-0.2, -0.15) is 13.2 Å². The van der Waals surface area contributed by atoms with E-state index >= 15 is 0 Å². The Hall–Kier alpha value is -1.85. The molecule has 1 aromatic rings. The summed E-state index contributed by atoms with van der Waals surface area (Å²) in [6.45, 7) is 0. The van der Waals surface area contributed by atoms with Crippen LogP contribution in [0.25, 0.3) is 6.08 Å². The first-order valence-electron chi connectivity index (χ1n) is 4.70. The fourth-order valence-corrected chi connectivity index (χ4v) is 1.08. The number of esters is 1. The Bertz CT molecular complexity index is 427. The Kier molecular flexibility index (Phi) is 4.25. The third-order valence-electron chi connectivity index (χ3n) is 1.90. The van der Waals surface area contributed by atoms with E-state index in [1.165, 1.54) is 25.3 Å². The Morgan fingerprint density at radius 1 is 1.53 bits per heavy atom. The van der Waals surface area contributed by atoms with Crippen molar-refractivity contribution in [2.75, 3.05) is 7.11 Å². The summed E-state index contributed by atoms with van der Waals surface area (Å²) in [4.78, 5) is 14.0. The molecule has 0 spiro atoms. The van der Waals surface area contributed by atoms with Crippen LogP contribution in [-0.4, -0.2) is 18.1 Å². The molecule has 92 valence electrons. The molecule has 3 nitrogen and oxygen atoms in total. The minimum Gasteiger partial charge on any atom is -0.469 e. The molecule has 1 heterocycles. The molecule has 0 fully saturated rings. The van der Waals surface area contributed by atoms with Gasteiger partial charge in [-0.05, 0) is 17.7 Å². The predicted octanol–water partition coefficient (Wildman–Crippen LogP) is 2.68. The van der Waals surface area contributed by atoms with E-state index in [2.05, 4.69) is 9.72 Å². The number of nitrogens with zero attached hydrogens (tertiary/aromatic N) is 1. The molecular formula is C11H10F3NO2. The molecule has 0 atom stereocenters. The van der Waals surface area contributed by atoms with E-state index in [-0.39, 0.29) is 6.42 Å². The summed E-state index contributed by atoms with van der Waals surface area (Å²) in [7, 11) is 1.24. The molecule has 0 aliphatic heterocycles. The second-order valence-corrected chi connectivity index (χ2v) is 3.15. The molecule has 6 heteroatoms. The first kappa shape index (κ1) is 13.2. The van der Waals surface area contributed by atoms with Crippen LogP contribution in [-0.2, 0) is 15.7 Å². The van der Waals surface area contributed by atoms with E-state index in [1.807, 2.05) is 0 Å². The van der Waals surface area contributed by atoms with Crippen molar-refractivity contribution in [2.24, 2.45) is 0 Å². The Labute approximate surface area is 95.9 Å². The van der Waals surface area contributed by atoms with Crippen molar-refractivity contribution < 1.29 is 22.7 Å². The molecule has 17 heavy (non-hydrogen) atoms. The zero-order valence-electron chi connectivity index (χ0n) is 8.99. The Morgan fingerprint density at radius 3 is 2.82 bits per heavy atom. The third kappa shape index (κ3) is 4.26. The topological polar surface area (TPSA) is 39.2 Å². The second kappa shape index (κ2) is 5.47. The van der Waals surface area contributed by atoms with Crippen LogP contribution in [0.5, 0.6) is 0 Å². The van der Waals surface area contributed by atoms with Gasteiger partial charge in [-0.15, -0.1) is 0 Å². The predicted molar refractivity (Wildman–Crippen MR) is 54.9 cm³/mol. The summed E-state index contributed by atoms with van der Waals surface area (Å²) in [5.74, 6) is -0.452. The van der Waals surface area contributed by atoms with Crippen molar-refractivity contribution in [3.8, 4) is 0 Å². The van der Waals surface area contributed by atoms with E-state index in [1.54, 1.807) is 0 Å². The van der Waals surface area contributed by atoms with Gasteiger partial charge in [-0.25, -0.2) is 0 Å². The number of rotatable bonds is 3. The molecular weight excluding hydrogens is 235 g/mol. The average molecular weight is 245 g/mol. The van der Waals surface area contributed by atoms with Crippen molar-refractivity contribution in [3.05, 3.63) is 35.7 Å². The van der Waals surface area contributed by atoms with Crippen LogP contribution in [0.1, 0.15) is 17.7 Å². The van der Waals surface area contributed by atoms with Crippen LogP contribution in [0, 0.1) is 0 Å². The number of alkyl halides is 3. The molecule has 1 aromatic heterocycles. The summed E-state index contributed by atoms with van der Waals surface area (Å²) in [5.41, 5.74) is -0.631. The Morgan fingerprint density at radius 2 is 2.24 bits per heavy atom. The molecule has 0 bridgehead atoms. The van der Waals surface area contributed by atoms with E-state index in [0.29, 0.717) is 5.56 Å². The zero-order chi connectivity index (χ0) is 12.9. The molecule has 0 aliphatic rings. The van der Waals surface area contributed by atoms with Crippen molar-refractivity contribution in [1.82, 2.24) is 4.98 Å². The standard InChI is InChI=1S/C11H10F3NO2/c1-17-10(16)4-2-3-8-5-6-15-9(7-8)11(12,13)14/h2-3,5-7H,4H2,1H3. The fraction of sp³-hybridized carbons (Fsp3) is 0.273. The maximum absolute atomic E-state index is 12.3. The molecule has 1 rings (SSSR count). The summed E-state index contributed by atoms with van der Waals surface area (Å²) in [6.07, 6.45) is -0.540. The molecule has 0 amide bonds. The molecule has 0 saturated carbocycles. The van der Waals surface area contributed by atoms with Crippen LogP contribution < -0.4 is 0 Å². The highest BCUT2D eigenvalue weighted by atomic mass is 19.4. The van der Waals surface area contributed by atoms with Gasteiger partial charge in [0.1, 0.15) is 5.69 Å². The van der Waals surface area contributed by atoms with Gasteiger partial charge >= 0.3 is 12.1 Å². The SMILES string of the molecule is COC(=O)CC=Cc1ccnc(C(F)(F)F)c1. The average Bonchev–Trinajstić information content (AvgIpc) is 2.28. The van der Waals surface area contributed by atoms with Gasteiger partial charge < -0.3 is 4.74 Å². The van der Waals surface area contributed by atoms with Crippen molar-refractivity contribution >= 4 is 12.0 Å². The number of hydrogen-bond acceptors (Lipinski definition) is 3. The number of hydrogen-bond donors (Lipinski definition) is 0. The highest BCUT2D eigenvalue weighted by molar-refractivity contribution is 5.72. The van der Waals surface area contributed by atoms with Crippen LogP contribution in [0.3, 0.4) is 0 Å². The minimum absolute atomic E-state index is 0.0141. The molecule has 0 unspecified atom stereocenters. The summed E-state index contributed by atoms with van der Waals surface area (Å²) >= 11 is 0. The van der Waals surface area contributed by atoms with E-state index < -0.39 is 17.8 Å². The van der Waals surface area contributed by atoms with Crippen LogP contribution >= 0.6 is 0 Å². The Balaban J connectivity index is 2.76. The zero-order valence-corrected chi connectivity index (χ0v) is 8.99. The fourth-order valence-electron chi connectivity index (χ4n) is 1.08. The first-order valence-corrected chi connectivity index (χ1v) is 4.70. The molecule has 0 radical (unpaired) electrons. The normalized spacial score (nSPS) is 11.8. The number of aromatic nitrogens is 1. The van der Waals surface area contributed by atoms with Crippen LogP contribution in [0.2, 0.25) is 0 Å². The lowest BCUT2D eigenvalue weighted by atomic mass is 10.2. The van der Waals surface area contributed by atoms with E-state index in [4.69, 9.17) is 0 Å². The van der Waals surface area contributed by atoms with Crippen molar-refractivity contribution in [3.63, 3.8) is 0 Å². The number of ether oxygens (including phenoxy) is 1. The van der Waals surface area contributed by atoms with Crippen LogP contribution in [0.4, 0.5) is 13.2 Å². The van der Waals surface area contributed by atoms with Gasteiger partial charge in [0, 0.05) is 6.20 Å². The van der Waals surface area contributed by atoms with Crippen molar-refractivity contribution in [1.29, 1.82) is 0 Å². The number of pyridine rings is 1. The summed E-state index contributed by atoms with van der Waals surface area (Å²) in [5, 5.41) is 0. The number of carbonyl (C=O) groups is 1. The van der Waals surface area contributed by atoms with Gasteiger partial charge in [0.15, 0.2) is 0 Å². The lowest BCUT2D eigenvalue weighted by Gasteiger charge is -2.05. The minimum atomic E-state index is -4.47. The van der Waals surface area contributed by atoms with Crippen molar-refractivity contribution in [2.45, 2.75) is 12.6 Å². The van der Waals surface area contributed by atoms with E-state index in [0.717, 1.165) is 12.3 Å². The number of halogens is 3. The van der Waals surface area contributed by atoms with Gasteiger partial charge in [0.2, 0.25) is 0 Å². The highest BCUT2D eigenvalue weighted by Gasteiger charge is 2.32. The first-order chi connectivity index (χ1) is 7.93. The van der Waals surface area contributed by atoms with Gasteiger partial charge in [-0.1, -0.05) is 12.2 Å². The smallest absolute Gasteiger partial charge is 0.433 e. The lowest BCUT2D eigenvalue weighted by molar-refractivity contribution is -0.141. The maximum atomic E-state index is 12.3. The summed E-state index contributed by atoms with van der Waals surface area (Å²) < 4.78 is 41.3. The maximum Gasteiger partial charge on any atom is 0.433 e. The monoisotopic (exact) mass is 245 g/mol. The van der Waals surface area contributed by atoms with Crippen LogP contribution in [0.15, 0.2) is 24.4 Å². The molecule has 0 aromatic carbocycles. The highest BCUT2D eigenvalue weighted by Crippen LogP contribution is 2.27. The van der Waals surface area contributed by atoms with Gasteiger partial charge in [-0.3, -0.25) is 9.78 Å². The van der Waals surface area contributed by atoms with Gasteiger partial charge in [0.05, 0.1) is 13.5 Å².